The van der Waals surface area contributed by atoms with E-state index in [0.29, 0.717) is 30.2 Å². The van der Waals surface area contributed by atoms with Gasteiger partial charge in [-0.15, -0.1) is 0 Å². The third-order valence-electron chi connectivity index (χ3n) is 4.19. The first-order valence-corrected chi connectivity index (χ1v) is 6.90. The van der Waals surface area contributed by atoms with E-state index in [1.54, 1.807) is 0 Å². The number of likely N-dealkylation sites (tertiary alicyclic amines) is 1. The number of rotatable bonds is 1. The van der Waals surface area contributed by atoms with Crippen molar-refractivity contribution in [3.05, 3.63) is 0 Å². The molecule has 1 heterocycles. The topological polar surface area (TPSA) is 46.3 Å². The molecule has 3 unspecified atom stereocenters. The lowest BCUT2D eigenvalue weighted by molar-refractivity contribution is -0.132. The first kappa shape index (κ1) is 12.9. The molecule has 2 aliphatic rings. The molecule has 2 N–H and O–H groups in total. The molecule has 3 atom stereocenters. The smallest absolute Gasteiger partial charge is 0.223 e. The molecule has 1 saturated carbocycles. The highest BCUT2D eigenvalue weighted by atomic mass is 16.2. The van der Waals surface area contributed by atoms with Crippen molar-refractivity contribution in [2.45, 2.75) is 52.5 Å². The van der Waals surface area contributed by atoms with Crippen LogP contribution in [0.15, 0.2) is 0 Å². The molecule has 3 nitrogen and oxygen atoms in total. The van der Waals surface area contributed by atoms with Gasteiger partial charge in [0.05, 0.1) is 0 Å². The van der Waals surface area contributed by atoms with Crippen molar-refractivity contribution in [1.82, 2.24) is 4.90 Å². The highest BCUT2D eigenvalue weighted by Gasteiger charge is 2.40. The van der Waals surface area contributed by atoms with Crippen molar-refractivity contribution in [3.63, 3.8) is 0 Å². The fraction of sp³-hybridized carbons (Fsp3) is 0.929. The van der Waals surface area contributed by atoms with Gasteiger partial charge in [-0.3, -0.25) is 4.79 Å². The molecular formula is C14H26N2O. The largest absolute Gasteiger partial charge is 0.342 e. The minimum absolute atomic E-state index is 0.0902. The van der Waals surface area contributed by atoms with Crippen LogP contribution in [0, 0.1) is 17.3 Å². The Kier molecular flexibility index (Phi) is 3.48. The van der Waals surface area contributed by atoms with Gasteiger partial charge >= 0.3 is 0 Å². The Morgan fingerprint density at radius 3 is 2.59 bits per heavy atom. The molecule has 0 radical (unpaired) electrons. The predicted molar refractivity (Wildman–Crippen MR) is 69.5 cm³/mol. The normalized spacial score (nSPS) is 33.6. The molecule has 0 aromatic carbocycles. The lowest BCUT2D eigenvalue weighted by Gasteiger charge is -2.29. The summed E-state index contributed by atoms with van der Waals surface area (Å²) < 4.78 is 0. The summed E-state index contributed by atoms with van der Waals surface area (Å²) in [6.45, 7) is 8.23. The van der Waals surface area contributed by atoms with Crippen molar-refractivity contribution >= 4 is 5.91 Å². The maximum Gasteiger partial charge on any atom is 0.223 e. The summed E-state index contributed by atoms with van der Waals surface area (Å²) in [5, 5.41) is 0. The van der Waals surface area contributed by atoms with Crippen LogP contribution in [0.25, 0.3) is 0 Å². The van der Waals surface area contributed by atoms with Crippen molar-refractivity contribution in [2.24, 2.45) is 23.0 Å². The number of hydrogen-bond donors (Lipinski definition) is 1. The lowest BCUT2D eigenvalue weighted by Crippen LogP contribution is -2.38. The third kappa shape index (κ3) is 3.01. The first-order valence-electron chi connectivity index (χ1n) is 6.90. The monoisotopic (exact) mass is 238 g/mol. The third-order valence-corrected chi connectivity index (χ3v) is 4.19. The van der Waals surface area contributed by atoms with Crippen LogP contribution in [-0.4, -0.2) is 29.9 Å². The zero-order valence-corrected chi connectivity index (χ0v) is 11.4. The van der Waals surface area contributed by atoms with Crippen LogP contribution in [0.5, 0.6) is 0 Å². The molecule has 1 aliphatic heterocycles. The molecule has 98 valence electrons. The van der Waals surface area contributed by atoms with Crippen LogP contribution in [0.3, 0.4) is 0 Å². The fourth-order valence-corrected chi connectivity index (χ4v) is 3.29. The average Bonchev–Trinajstić information content (AvgIpc) is 2.60. The summed E-state index contributed by atoms with van der Waals surface area (Å²) >= 11 is 0. The van der Waals surface area contributed by atoms with Crippen LogP contribution >= 0.6 is 0 Å². The summed E-state index contributed by atoms with van der Waals surface area (Å²) in [6, 6.07) is 0.321. The van der Waals surface area contributed by atoms with Crippen molar-refractivity contribution < 1.29 is 4.79 Å². The van der Waals surface area contributed by atoms with Gasteiger partial charge in [0.1, 0.15) is 0 Å². The second-order valence-corrected chi connectivity index (χ2v) is 7.05. The number of carbonyl (C=O) groups excluding carboxylic acids is 1. The lowest BCUT2D eigenvalue weighted by atomic mass is 9.78. The highest BCUT2D eigenvalue weighted by molar-refractivity contribution is 5.77. The van der Waals surface area contributed by atoms with Crippen LogP contribution in [-0.2, 0) is 4.79 Å². The molecule has 0 aromatic heterocycles. The summed E-state index contributed by atoms with van der Waals surface area (Å²) in [6.07, 6.45) is 4.30. The summed E-state index contributed by atoms with van der Waals surface area (Å²) in [7, 11) is 0. The summed E-state index contributed by atoms with van der Waals surface area (Å²) in [4.78, 5) is 14.3. The maximum atomic E-state index is 12.2. The zero-order valence-electron chi connectivity index (χ0n) is 11.4. The standard InChI is InChI=1S/C14H26N2O/c1-14(2,3)7-13(17)16-8-10-5-4-6-12(15)11(10)9-16/h10-12H,4-9,15H2,1-3H3. The first-order chi connectivity index (χ1) is 7.87. The van der Waals surface area contributed by atoms with Crippen molar-refractivity contribution in [1.29, 1.82) is 0 Å². The molecular weight excluding hydrogens is 212 g/mol. The van der Waals surface area contributed by atoms with Crippen LogP contribution in [0.2, 0.25) is 0 Å². The van der Waals surface area contributed by atoms with Gasteiger partial charge in [-0.1, -0.05) is 27.2 Å². The Morgan fingerprint density at radius 1 is 1.29 bits per heavy atom. The zero-order chi connectivity index (χ0) is 12.6. The molecule has 2 fully saturated rings. The molecule has 1 aliphatic carbocycles. The van der Waals surface area contributed by atoms with Crippen LogP contribution in [0.4, 0.5) is 0 Å². The molecule has 0 bridgehead atoms. The second kappa shape index (κ2) is 4.60. The molecule has 2 rings (SSSR count). The van der Waals surface area contributed by atoms with E-state index >= 15 is 0 Å². The average molecular weight is 238 g/mol. The number of amides is 1. The van der Waals surface area contributed by atoms with Crippen LogP contribution < -0.4 is 5.73 Å². The SMILES string of the molecule is CC(C)(C)CC(=O)N1CC2CCCC(N)C2C1. The highest BCUT2D eigenvalue weighted by Crippen LogP contribution is 2.36. The maximum absolute atomic E-state index is 12.2. The van der Waals surface area contributed by atoms with Gasteiger partial charge in [0.2, 0.25) is 5.91 Å². The molecule has 3 heteroatoms. The van der Waals surface area contributed by atoms with Gasteiger partial charge in [-0.2, -0.15) is 0 Å². The Hall–Kier alpha value is -0.570. The molecule has 0 spiro atoms. The summed E-state index contributed by atoms with van der Waals surface area (Å²) in [5.74, 6) is 1.55. The van der Waals surface area contributed by atoms with E-state index in [9.17, 15) is 4.79 Å². The van der Waals surface area contributed by atoms with Crippen molar-refractivity contribution in [3.8, 4) is 0 Å². The van der Waals surface area contributed by atoms with Gasteiger partial charge in [0.15, 0.2) is 0 Å². The van der Waals surface area contributed by atoms with Crippen molar-refractivity contribution in [2.75, 3.05) is 13.1 Å². The molecule has 0 aromatic rings. The van der Waals surface area contributed by atoms with Gasteiger partial charge in [0, 0.05) is 25.6 Å². The minimum Gasteiger partial charge on any atom is -0.342 e. The van der Waals surface area contributed by atoms with Gasteiger partial charge in [-0.25, -0.2) is 0 Å². The van der Waals surface area contributed by atoms with E-state index in [1.807, 2.05) is 0 Å². The minimum atomic E-state index is 0.0902. The van der Waals surface area contributed by atoms with E-state index in [4.69, 9.17) is 5.73 Å². The molecule has 17 heavy (non-hydrogen) atoms. The van der Waals surface area contributed by atoms with E-state index in [1.165, 1.54) is 12.8 Å². The number of hydrogen-bond acceptors (Lipinski definition) is 2. The Balaban J connectivity index is 1.95. The van der Waals surface area contributed by atoms with E-state index in [2.05, 4.69) is 25.7 Å². The summed E-state index contributed by atoms with van der Waals surface area (Å²) in [5.41, 5.74) is 6.26. The van der Waals surface area contributed by atoms with Gasteiger partial charge < -0.3 is 10.6 Å². The number of carbonyl (C=O) groups is 1. The van der Waals surface area contributed by atoms with E-state index < -0.39 is 0 Å². The van der Waals surface area contributed by atoms with E-state index in [0.717, 1.165) is 19.5 Å². The number of nitrogens with two attached hydrogens (primary N) is 1. The van der Waals surface area contributed by atoms with Gasteiger partial charge in [-0.05, 0) is 30.1 Å². The Labute approximate surface area is 105 Å². The second-order valence-electron chi connectivity index (χ2n) is 7.05. The van der Waals surface area contributed by atoms with E-state index in [-0.39, 0.29) is 5.41 Å². The number of nitrogens with zero attached hydrogens (tertiary/aromatic N) is 1. The molecule has 1 saturated heterocycles. The number of fused-ring (bicyclic) bond motifs is 1. The predicted octanol–water partition coefficient (Wildman–Crippen LogP) is 2.01. The molecule has 1 amide bonds. The van der Waals surface area contributed by atoms with Gasteiger partial charge in [0.25, 0.3) is 0 Å². The quantitative estimate of drug-likeness (QED) is 0.759. The van der Waals surface area contributed by atoms with Crippen LogP contribution in [0.1, 0.15) is 46.5 Å². The Morgan fingerprint density at radius 2 is 2.00 bits per heavy atom. The fourth-order valence-electron chi connectivity index (χ4n) is 3.29. The Bertz CT molecular complexity index is 295.